The molecule has 1 fully saturated rings. The molecule has 20 heavy (non-hydrogen) atoms. The molecule has 1 aliphatic rings. The molecule has 0 spiro atoms. The van der Waals surface area contributed by atoms with E-state index in [0.29, 0.717) is 12.3 Å². The number of halogens is 1. The van der Waals surface area contributed by atoms with Crippen LogP contribution in [0.25, 0.3) is 0 Å². The van der Waals surface area contributed by atoms with Crippen LogP contribution in [0, 0.1) is 11.8 Å². The lowest BCUT2D eigenvalue weighted by atomic mass is 9.97. The summed E-state index contributed by atoms with van der Waals surface area (Å²) >= 11 is 0. The highest BCUT2D eigenvalue weighted by Gasteiger charge is 2.16. The van der Waals surface area contributed by atoms with Crippen molar-refractivity contribution in [3.05, 3.63) is 0 Å². The fourth-order valence-corrected chi connectivity index (χ4v) is 2.89. The first-order valence-corrected chi connectivity index (χ1v) is 8.23. The summed E-state index contributed by atoms with van der Waals surface area (Å²) in [6, 6.07) is 0. The number of unbranched alkanes of at least 4 members (excludes halogenated alkanes) is 1. The molecule has 1 heterocycles. The van der Waals surface area contributed by atoms with Gasteiger partial charge in [0, 0.05) is 13.0 Å². The molecule has 2 atom stereocenters. The molecule has 1 aliphatic heterocycles. The van der Waals surface area contributed by atoms with Crippen molar-refractivity contribution >= 4 is 18.3 Å². The van der Waals surface area contributed by atoms with Crippen LogP contribution < -0.4 is 10.6 Å². The maximum Gasteiger partial charge on any atom is 0.220 e. The van der Waals surface area contributed by atoms with Crippen LogP contribution in [0.15, 0.2) is 0 Å². The van der Waals surface area contributed by atoms with Gasteiger partial charge in [-0.05, 0) is 50.6 Å². The van der Waals surface area contributed by atoms with Gasteiger partial charge in [0.2, 0.25) is 5.91 Å². The number of hydrogen-bond acceptors (Lipinski definition) is 2. The van der Waals surface area contributed by atoms with Crippen LogP contribution in [0.1, 0.15) is 65.2 Å². The van der Waals surface area contributed by atoms with Crippen LogP contribution in [-0.2, 0) is 4.79 Å². The highest BCUT2D eigenvalue weighted by molar-refractivity contribution is 5.85. The van der Waals surface area contributed by atoms with Gasteiger partial charge >= 0.3 is 0 Å². The molecular formula is C16H33ClN2O. The van der Waals surface area contributed by atoms with Crippen LogP contribution in [0.2, 0.25) is 0 Å². The predicted molar refractivity (Wildman–Crippen MR) is 88.4 cm³/mol. The van der Waals surface area contributed by atoms with E-state index in [9.17, 15) is 4.79 Å². The van der Waals surface area contributed by atoms with Crippen LogP contribution in [-0.4, -0.2) is 25.5 Å². The fourth-order valence-electron chi connectivity index (χ4n) is 2.89. The van der Waals surface area contributed by atoms with E-state index in [1.54, 1.807) is 0 Å². The van der Waals surface area contributed by atoms with Gasteiger partial charge in [-0.2, -0.15) is 0 Å². The van der Waals surface area contributed by atoms with E-state index in [-0.39, 0.29) is 18.3 Å². The van der Waals surface area contributed by atoms with Gasteiger partial charge in [0.05, 0.1) is 0 Å². The van der Waals surface area contributed by atoms with Crippen molar-refractivity contribution < 1.29 is 4.79 Å². The Kier molecular flexibility index (Phi) is 12.3. The first-order chi connectivity index (χ1) is 9.26. The second-order valence-corrected chi connectivity index (χ2v) is 6.00. The second kappa shape index (κ2) is 12.5. The summed E-state index contributed by atoms with van der Waals surface area (Å²) < 4.78 is 0. The maximum absolute atomic E-state index is 11.9. The van der Waals surface area contributed by atoms with Crippen LogP contribution in [0.5, 0.6) is 0 Å². The molecule has 0 aliphatic carbocycles. The monoisotopic (exact) mass is 304 g/mol. The Morgan fingerprint density at radius 3 is 2.70 bits per heavy atom. The van der Waals surface area contributed by atoms with Crippen LogP contribution >= 0.6 is 12.4 Å². The first-order valence-electron chi connectivity index (χ1n) is 8.23. The zero-order valence-electron chi connectivity index (χ0n) is 13.2. The maximum atomic E-state index is 11.9. The molecular weight excluding hydrogens is 272 g/mol. The molecule has 0 saturated carbocycles. The molecule has 3 nitrogen and oxygen atoms in total. The van der Waals surface area contributed by atoms with E-state index in [1.807, 2.05) is 0 Å². The second-order valence-electron chi connectivity index (χ2n) is 6.00. The van der Waals surface area contributed by atoms with E-state index in [4.69, 9.17) is 0 Å². The van der Waals surface area contributed by atoms with Gasteiger partial charge < -0.3 is 10.6 Å². The zero-order valence-corrected chi connectivity index (χ0v) is 14.1. The van der Waals surface area contributed by atoms with Gasteiger partial charge in [-0.3, -0.25) is 4.79 Å². The minimum atomic E-state index is 0. The van der Waals surface area contributed by atoms with Crippen molar-refractivity contribution in [2.75, 3.05) is 19.6 Å². The molecule has 120 valence electrons. The molecule has 4 heteroatoms. The largest absolute Gasteiger partial charge is 0.356 e. The Hall–Kier alpha value is -0.280. The highest BCUT2D eigenvalue weighted by atomic mass is 35.5. The molecule has 1 saturated heterocycles. The van der Waals surface area contributed by atoms with E-state index in [0.717, 1.165) is 32.0 Å². The lowest BCUT2D eigenvalue weighted by Gasteiger charge is -2.17. The lowest BCUT2D eigenvalue weighted by molar-refractivity contribution is -0.121. The van der Waals surface area contributed by atoms with E-state index in [2.05, 4.69) is 24.5 Å². The molecule has 1 rings (SSSR count). The van der Waals surface area contributed by atoms with Crippen LogP contribution in [0.3, 0.4) is 0 Å². The summed E-state index contributed by atoms with van der Waals surface area (Å²) in [6.07, 6.45) is 9.26. The summed E-state index contributed by atoms with van der Waals surface area (Å²) in [5, 5.41) is 6.50. The average molecular weight is 305 g/mol. The summed E-state index contributed by atoms with van der Waals surface area (Å²) in [4.78, 5) is 11.9. The van der Waals surface area contributed by atoms with Crippen molar-refractivity contribution in [2.45, 2.75) is 65.2 Å². The van der Waals surface area contributed by atoms with Crippen molar-refractivity contribution in [2.24, 2.45) is 11.8 Å². The standard InChI is InChI=1S/C16H32N2O.ClH/c1-3-5-7-14(6-4-2)13-18-16(19)9-8-15-10-11-17-12-15;/h14-15,17H,3-13H2,1-2H3,(H,18,19);1H. The third-order valence-electron chi connectivity index (χ3n) is 4.19. The van der Waals surface area contributed by atoms with Crippen molar-refractivity contribution in [3.63, 3.8) is 0 Å². The van der Waals surface area contributed by atoms with Gasteiger partial charge in [0.25, 0.3) is 0 Å². The van der Waals surface area contributed by atoms with Crippen molar-refractivity contribution in [3.8, 4) is 0 Å². The summed E-state index contributed by atoms with van der Waals surface area (Å²) in [5.74, 6) is 1.66. The molecule has 0 aromatic carbocycles. The molecule has 2 N–H and O–H groups in total. The SMILES string of the molecule is CCCCC(CCC)CNC(=O)CCC1CCNC1.Cl. The average Bonchev–Trinajstić information content (AvgIpc) is 2.92. The number of amides is 1. The number of hydrogen-bond donors (Lipinski definition) is 2. The zero-order chi connectivity index (χ0) is 13.9. The Labute approximate surface area is 131 Å². The first kappa shape index (κ1) is 19.7. The van der Waals surface area contributed by atoms with Crippen molar-refractivity contribution in [1.82, 2.24) is 10.6 Å². The lowest BCUT2D eigenvalue weighted by Crippen LogP contribution is -2.29. The predicted octanol–water partition coefficient (Wildman–Crippen LogP) is 3.52. The summed E-state index contributed by atoms with van der Waals surface area (Å²) in [7, 11) is 0. The highest BCUT2D eigenvalue weighted by Crippen LogP contribution is 2.15. The molecule has 0 aromatic heterocycles. The summed E-state index contributed by atoms with van der Waals surface area (Å²) in [5.41, 5.74) is 0. The van der Waals surface area contributed by atoms with Gasteiger partial charge in [-0.25, -0.2) is 0 Å². The Bertz CT molecular complexity index is 243. The third-order valence-corrected chi connectivity index (χ3v) is 4.19. The molecule has 0 aromatic rings. The molecule has 0 bridgehead atoms. The van der Waals surface area contributed by atoms with Gasteiger partial charge in [0.1, 0.15) is 0 Å². The Morgan fingerprint density at radius 1 is 1.30 bits per heavy atom. The van der Waals surface area contributed by atoms with Gasteiger partial charge in [-0.15, -0.1) is 12.4 Å². The van der Waals surface area contributed by atoms with E-state index >= 15 is 0 Å². The Morgan fingerprint density at radius 2 is 2.10 bits per heavy atom. The molecule has 1 amide bonds. The molecule has 2 unspecified atom stereocenters. The minimum Gasteiger partial charge on any atom is -0.356 e. The number of rotatable bonds is 10. The third kappa shape index (κ3) is 8.80. The number of carbonyl (C=O) groups is 1. The number of carbonyl (C=O) groups excluding carboxylic acids is 1. The topological polar surface area (TPSA) is 41.1 Å². The molecule has 0 radical (unpaired) electrons. The van der Waals surface area contributed by atoms with Gasteiger partial charge in [0.15, 0.2) is 0 Å². The fraction of sp³-hybridized carbons (Fsp3) is 0.938. The van der Waals surface area contributed by atoms with Crippen LogP contribution in [0.4, 0.5) is 0 Å². The van der Waals surface area contributed by atoms with E-state index in [1.165, 1.54) is 38.5 Å². The smallest absolute Gasteiger partial charge is 0.220 e. The Balaban J connectivity index is 0.00000361. The normalized spacial score (nSPS) is 19.4. The van der Waals surface area contributed by atoms with Gasteiger partial charge in [-0.1, -0.05) is 33.1 Å². The quantitative estimate of drug-likeness (QED) is 0.648. The minimum absolute atomic E-state index is 0. The number of nitrogens with one attached hydrogen (secondary N) is 2. The van der Waals surface area contributed by atoms with Crippen molar-refractivity contribution in [1.29, 1.82) is 0 Å². The summed E-state index contributed by atoms with van der Waals surface area (Å²) in [6.45, 7) is 7.57. The van der Waals surface area contributed by atoms with E-state index < -0.39 is 0 Å².